The molecule has 1 aliphatic heterocycles. The number of furan rings is 2. The molecule has 0 N–H and O–H groups in total. The van der Waals surface area contributed by atoms with E-state index in [1.165, 1.54) is 0 Å². The number of amides is 1. The highest BCUT2D eigenvalue weighted by molar-refractivity contribution is 5.91. The first kappa shape index (κ1) is 15.9. The molecule has 1 aliphatic rings. The second kappa shape index (κ2) is 7.51. The van der Waals surface area contributed by atoms with Crippen LogP contribution in [0, 0.1) is 0 Å². The van der Waals surface area contributed by atoms with Crippen LogP contribution in [0.15, 0.2) is 45.6 Å². The Morgan fingerprint density at radius 2 is 1.96 bits per heavy atom. The molecule has 1 saturated heterocycles. The monoisotopic (exact) mass is 316 g/mol. The van der Waals surface area contributed by atoms with Crippen molar-refractivity contribution in [3.05, 3.63) is 48.3 Å². The average Bonchev–Trinajstić information content (AvgIpc) is 3.22. The summed E-state index contributed by atoms with van der Waals surface area (Å²) in [7, 11) is 0. The van der Waals surface area contributed by atoms with Crippen LogP contribution in [0.1, 0.15) is 36.1 Å². The highest BCUT2D eigenvalue weighted by Gasteiger charge is 2.25. The molecule has 0 saturated carbocycles. The lowest BCUT2D eigenvalue weighted by molar-refractivity contribution is 0.0725. The Kier molecular flexibility index (Phi) is 5.18. The molecule has 5 nitrogen and oxygen atoms in total. The first-order valence-electron chi connectivity index (χ1n) is 8.37. The van der Waals surface area contributed by atoms with Gasteiger partial charge < -0.3 is 13.7 Å². The minimum atomic E-state index is -0.00377. The Hall–Kier alpha value is -2.01. The standard InChI is InChI=1S/C18H24N2O3/c1-2-15(14-16-6-3-12-22-16)19-8-5-9-20(11-10-19)18(21)17-7-4-13-23-17/h3-4,6-7,12-13,15H,2,5,8-11,14H2,1H3. The lowest BCUT2D eigenvalue weighted by atomic mass is 10.1. The molecule has 0 bridgehead atoms. The second-order valence-corrected chi connectivity index (χ2v) is 6.00. The van der Waals surface area contributed by atoms with Gasteiger partial charge in [-0.25, -0.2) is 0 Å². The van der Waals surface area contributed by atoms with Gasteiger partial charge in [-0.2, -0.15) is 0 Å². The molecule has 1 fully saturated rings. The van der Waals surface area contributed by atoms with E-state index in [1.807, 2.05) is 17.0 Å². The summed E-state index contributed by atoms with van der Waals surface area (Å²) >= 11 is 0. The van der Waals surface area contributed by atoms with Gasteiger partial charge in [0.05, 0.1) is 12.5 Å². The first-order valence-corrected chi connectivity index (χ1v) is 8.37. The molecule has 2 aromatic heterocycles. The van der Waals surface area contributed by atoms with Crippen molar-refractivity contribution < 1.29 is 13.6 Å². The van der Waals surface area contributed by atoms with Crippen molar-refractivity contribution in [3.63, 3.8) is 0 Å². The molecule has 1 amide bonds. The molecule has 0 aliphatic carbocycles. The predicted octanol–water partition coefficient (Wildman–Crippen LogP) is 3.04. The molecule has 1 atom stereocenters. The maximum Gasteiger partial charge on any atom is 0.289 e. The minimum absolute atomic E-state index is 0.00377. The number of rotatable bonds is 5. The SMILES string of the molecule is CCC(Cc1ccco1)N1CCCN(C(=O)c2ccco2)CC1. The van der Waals surface area contributed by atoms with Crippen molar-refractivity contribution in [2.24, 2.45) is 0 Å². The largest absolute Gasteiger partial charge is 0.469 e. The van der Waals surface area contributed by atoms with E-state index in [9.17, 15) is 4.79 Å². The van der Waals surface area contributed by atoms with Crippen LogP contribution >= 0.6 is 0 Å². The molecular formula is C18H24N2O3. The molecular weight excluding hydrogens is 292 g/mol. The lowest BCUT2D eigenvalue weighted by Crippen LogP contribution is -2.40. The van der Waals surface area contributed by atoms with E-state index in [2.05, 4.69) is 11.8 Å². The Morgan fingerprint density at radius 3 is 2.65 bits per heavy atom. The van der Waals surface area contributed by atoms with E-state index in [0.717, 1.165) is 51.2 Å². The van der Waals surface area contributed by atoms with E-state index in [0.29, 0.717) is 11.8 Å². The van der Waals surface area contributed by atoms with E-state index in [4.69, 9.17) is 8.83 Å². The van der Waals surface area contributed by atoms with Gasteiger partial charge in [-0.1, -0.05) is 6.92 Å². The third-order valence-corrected chi connectivity index (χ3v) is 4.55. The van der Waals surface area contributed by atoms with E-state index in [1.54, 1.807) is 24.7 Å². The number of nitrogens with zero attached hydrogens (tertiary/aromatic N) is 2. The molecule has 0 spiro atoms. The third-order valence-electron chi connectivity index (χ3n) is 4.55. The van der Waals surface area contributed by atoms with Crippen LogP contribution in [-0.4, -0.2) is 47.9 Å². The quantitative estimate of drug-likeness (QED) is 0.851. The van der Waals surface area contributed by atoms with E-state index >= 15 is 0 Å². The summed E-state index contributed by atoms with van der Waals surface area (Å²) in [4.78, 5) is 16.8. The van der Waals surface area contributed by atoms with Gasteiger partial charge in [0, 0.05) is 38.6 Å². The zero-order chi connectivity index (χ0) is 16.1. The smallest absolute Gasteiger partial charge is 0.289 e. The van der Waals surface area contributed by atoms with Crippen LogP contribution in [-0.2, 0) is 6.42 Å². The van der Waals surface area contributed by atoms with Crippen molar-refractivity contribution in [3.8, 4) is 0 Å². The predicted molar refractivity (Wildman–Crippen MR) is 87.3 cm³/mol. The van der Waals surface area contributed by atoms with Gasteiger partial charge in [0.1, 0.15) is 5.76 Å². The van der Waals surface area contributed by atoms with Gasteiger partial charge in [0.15, 0.2) is 5.76 Å². The summed E-state index contributed by atoms with van der Waals surface area (Å²) < 4.78 is 10.7. The fourth-order valence-corrected chi connectivity index (χ4v) is 3.25. The number of hydrogen-bond donors (Lipinski definition) is 0. The van der Waals surface area contributed by atoms with Gasteiger partial charge in [0.2, 0.25) is 0 Å². The normalized spacial score (nSPS) is 17.9. The molecule has 0 aromatic carbocycles. The van der Waals surface area contributed by atoms with E-state index in [-0.39, 0.29) is 5.91 Å². The van der Waals surface area contributed by atoms with Crippen LogP contribution in [0.2, 0.25) is 0 Å². The Labute approximate surface area is 136 Å². The Balaban J connectivity index is 1.60. The van der Waals surface area contributed by atoms with Crippen LogP contribution < -0.4 is 0 Å². The van der Waals surface area contributed by atoms with Gasteiger partial charge in [-0.3, -0.25) is 9.69 Å². The summed E-state index contributed by atoms with van der Waals surface area (Å²) in [6.07, 6.45) is 6.27. The molecule has 0 radical (unpaired) electrons. The second-order valence-electron chi connectivity index (χ2n) is 6.00. The van der Waals surface area contributed by atoms with Crippen molar-refractivity contribution in [1.82, 2.24) is 9.80 Å². The van der Waals surface area contributed by atoms with Crippen molar-refractivity contribution in [2.45, 2.75) is 32.2 Å². The van der Waals surface area contributed by atoms with Gasteiger partial charge >= 0.3 is 0 Å². The van der Waals surface area contributed by atoms with Crippen molar-refractivity contribution >= 4 is 5.91 Å². The summed E-state index contributed by atoms with van der Waals surface area (Å²) in [6.45, 7) is 5.65. The molecule has 1 unspecified atom stereocenters. The first-order chi connectivity index (χ1) is 11.3. The summed E-state index contributed by atoms with van der Waals surface area (Å²) in [5.41, 5.74) is 0. The van der Waals surface area contributed by atoms with Crippen LogP contribution in [0.4, 0.5) is 0 Å². The van der Waals surface area contributed by atoms with E-state index < -0.39 is 0 Å². The minimum Gasteiger partial charge on any atom is -0.469 e. The number of hydrogen-bond acceptors (Lipinski definition) is 4. The van der Waals surface area contributed by atoms with Gasteiger partial charge in [-0.05, 0) is 37.1 Å². The topological polar surface area (TPSA) is 49.8 Å². The van der Waals surface area contributed by atoms with Gasteiger partial charge in [0.25, 0.3) is 5.91 Å². The highest BCUT2D eigenvalue weighted by atomic mass is 16.3. The zero-order valence-electron chi connectivity index (χ0n) is 13.6. The summed E-state index contributed by atoms with van der Waals surface area (Å²) in [5.74, 6) is 1.46. The van der Waals surface area contributed by atoms with Crippen molar-refractivity contribution in [1.29, 1.82) is 0 Å². The lowest BCUT2D eigenvalue weighted by Gasteiger charge is -2.29. The third kappa shape index (κ3) is 3.85. The fourth-order valence-electron chi connectivity index (χ4n) is 3.25. The van der Waals surface area contributed by atoms with Crippen LogP contribution in [0.3, 0.4) is 0 Å². The zero-order valence-corrected chi connectivity index (χ0v) is 13.6. The maximum absolute atomic E-state index is 12.4. The molecule has 3 heterocycles. The molecule has 2 aromatic rings. The molecule has 5 heteroatoms. The van der Waals surface area contributed by atoms with Crippen molar-refractivity contribution in [2.75, 3.05) is 26.2 Å². The fraction of sp³-hybridized carbons (Fsp3) is 0.500. The summed E-state index contributed by atoms with van der Waals surface area (Å²) in [5, 5.41) is 0. The number of carbonyl (C=O) groups excluding carboxylic acids is 1. The van der Waals surface area contributed by atoms with Gasteiger partial charge in [-0.15, -0.1) is 0 Å². The number of carbonyl (C=O) groups is 1. The maximum atomic E-state index is 12.4. The van der Waals surface area contributed by atoms with Crippen LogP contribution in [0.5, 0.6) is 0 Å². The summed E-state index contributed by atoms with van der Waals surface area (Å²) in [6, 6.07) is 7.92. The molecule has 23 heavy (non-hydrogen) atoms. The Morgan fingerprint density at radius 1 is 1.13 bits per heavy atom. The molecule has 3 rings (SSSR count). The highest BCUT2D eigenvalue weighted by Crippen LogP contribution is 2.16. The van der Waals surface area contributed by atoms with Crippen LogP contribution in [0.25, 0.3) is 0 Å². The average molecular weight is 316 g/mol. The Bertz CT molecular complexity index is 592. The molecule has 124 valence electrons.